The van der Waals surface area contributed by atoms with Crippen molar-refractivity contribution in [2.75, 3.05) is 32.8 Å². The topological polar surface area (TPSA) is 41.6 Å². The molecule has 0 radical (unpaired) electrons. The third kappa shape index (κ3) is 5.32. The Morgan fingerprint density at radius 3 is 2.41 bits per heavy atom. The largest absolute Gasteiger partial charge is 0.379 e. The summed E-state index contributed by atoms with van der Waals surface area (Å²) in [5.74, 6) is 0.0611. The van der Waals surface area contributed by atoms with Gasteiger partial charge in [0.05, 0.1) is 25.7 Å². The second-order valence-corrected chi connectivity index (χ2v) is 8.04. The van der Waals surface area contributed by atoms with Crippen molar-refractivity contribution in [1.82, 2.24) is 10.2 Å². The third-order valence-corrected chi connectivity index (χ3v) is 6.03. The first-order valence-corrected chi connectivity index (χ1v) is 11.0. The van der Waals surface area contributed by atoms with E-state index in [1.807, 2.05) is 30.3 Å². The molecule has 0 aliphatic carbocycles. The molecule has 1 atom stereocenters. The Morgan fingerprint density at radius 2 is 1.72 bits per heavy atom. The lowest BCUT2D eigenvalue weighted by atomic mass is 10.0. The molecule has 4 rings (SSSR count). The molecule has 0 bridgehead atoms. The van der Waals surface area contributed by atoms with E-state index in [0.717, 1.165) is 31.9 Å². The van der Waals surface area contributed by atoms with E-state index in [1.165, 1.54) is 16.7 Å². The molecule has 150 valence electrons. The van der Waals surface area contributed by atoms with Crippen molar-refractivity contribution in [3.63, 3.8) is 0 Å². The summed E-state index contributed by atoms with van der Waals surface area (Å²) in [5.41, 5.74) is 4.65. The number of benzene rings is 2. The molecule has 29 heavy (non-hydrogen) atoms. The van der Waals surface area contributed by atoms with Crippen LogP contribution in [0.15, 0.2) is 71.4 Å². The highest BCUT2D eigenvalue weighted by Gasteiger charge is 2.23. The van der Waals surface area contributed by atoms with Crippen LogP contribution in [0.25, 0.3) is 11.1 Å². The van der Waals surface area contributed by atoms with E-state index in [4.69, 9.17) is 4.74 Å². The average molecular weight is 407 g/mol. The lowest BCUT2D eigenvalue weighted by Crippen LogP contribution is -2.43. The maximum atomic E-state index is 12.6. The van der Waals surface area contributed by atoms with Crippen LogP contribution in [0.2, 0.25) is 0 Å². The minimum absolute atomic E-state index is 0.0611. The zero-order chi connectivity index (χ0) is 19.9. The zero-order valence-electron chi connectivity index (χ0n) is 16.4. The SMILES string of the molecule is O=C(Cc1ccc(-c2ccccc2)cc1)NC[C@@H](c1ccsc1)N1CCOCC1. The summed E-state index contributed by atoms with van der Waals surface area (Å²) in [6.45, 7) is 3.93. The van der Waals surface area contributed by atoms with Gasteiger partial charge in [0.25, 0.3) is 0 Å². The van der Waals surface area contributed by atoms with E-state index in [2.05, 4.69) is 51.3 Å². The van der Waals surface area contributed by atoms with Crippen molar-refractivity contribution in [3.8, 4) is 11.1 Å². The molecule has 0 saturated carbocycles. The van der Waals surface area contributed by atoms with Crippen molar-refractivity contribution in [2.24, 2.45) is 0 Å². The van der Waals surface area contributed by atoms with E-state index in [-0.39, 0.29) is 11.9 Å². The van der Waals surface area contributed by atoms with Gasteiger partial charge in [-0.15, -0.1) is 0 Å². The Morgan fingerprint density at radius 1 is 1.00 bits per heavy atom. The molecule has 1 saturated heterocycles. The minimum atomic E-state index is 0.0611. The van der Waals surface area contributed by atoms with Crippen LogP contribution in [0.1, 0.15) is 17.2 Å². The van der Waals surface area contributed by atoms with E-state index in [1.54, 1.807) is 11.3 Å². The lowest BCUT2D eigenvalue weighted by molar-refractivity contribution is -0.120. The number of rotatable bonds is 7. The van der Waals surface area contributed by atoms with Gasteiger partial charge in [-0.05, 0) is 39.1 Å². The molecule has 0 spiro atoms. The fraction of sp³-hybridized carbons (Fsp3) is 0.292. The molecule has 3 aromatic rings. The molecule has 1 N–H and O–H groups in total. The van der Waals surface area contributed by atoms with Gasteiger partial charge in [0.2, 0.25) is 5.91 Å². The average Bonchev–Trinajstić information content (AvgIpc) is 3.30. The number of ether oxygens (including phenoxy) is 1. The Kier molecular flexibility index (Phi) is 6.72. The van der Waals surface area contributed by atoms with Gasteiger partial charge in [0.1, 0.15) is 0 Å². The molecular weight excluding hydrogens is 380 g/mol. The summed E-state index contributed by atoms with van der Waals surface area (Å²) in [4.78, 5) is 15.0. The van der Waals surface area contributed by atoms with Crippen molar-refractivity contribution < 1.29 is 9.53 Å². The monoisotopic (exact) mass is 406 g/mol. The first-order chi connectivity index (χ1) is 14.3. The molecule has 1 amide bonds. The fourth-order valence-corrected chi connectivity index (χ4v) is 4.42. The maximum absolute atomic E-state index is 12.6. The minimum Gasteiger partial charge on any atom is -0.379 e. The number of nitrogens with zero attached hydrogens (tertiary/aromatic N) is 1. The fourth-order valence-electron chi connectivity index (χ4n) is 3.72. The Labute approximate surface area is 176 Å². The summed E-state index contributed by atoms with van der Waals surface area (Å²) in [5, 5.41) is 7.42. The predicted octanol–water partition coefficient (Wildman–Crippen LogP) is 4.15. The number of carbonyl (C=O) groups is 1. The van der Waals surface area contributed by atoms with Crippen LogP contribution in [-0.4, -0.2) is 43.7 Å². The van der Waals surface area contributed by atoms with Crippen LogP contribution in [0.3, 0.4) is 0 Å². The molecule has 1 fully saturated rings. The van der Waals surface area contributed by atoms with E-state index in [0.29, 0.717) is 13.0 Å². The van der Waals surface area contributed by atoms with Gasteiger partial charge in [-0.3, -0.25) is 9.69 Å². The molecule has 1 aromatic heterocycles. The van der Waals surface area contributed by atoms with Crippen molar-refractivity contribution in [2.45, 2.75) is 12.5 Å². The highest BCUT2D eigenvalue weighted by molar-refractivity contribution is 7.07. The van der Waals surface area contributed by atoms with Crippen LogP contribution >= 0.6 is 11.3 Å². The molecule has 2 heterocycles. The van der Waals surface area contributed by atoms with Crippen molar-refractivity contribution in [3.05, 3.63) is 82.6 Å². The predicted molar refractivity (Wildman–Crippen MR) is 118 cm³/mol. The number of morpholine rings is 1. The molecule has 5 heteroatoms. The second kappa shape index (κ2) is 9.83. The third-order valence-electron chi connectivity index (χ3n) is 5.33. The van der Waals surface area contributed by atoms with Crippen molar-refractivity contribution >= 4 is 17.2 Å². The van der Waals surface area contributed by atoms with Gasteiger partial charge in [-0.2, -0.15) is 11.3 Å². The number of hydrogen-bond donors (Lipinski definition) is 1. The standard InChI is InChI=1S/C24H26N2O2S/c27-24(16-19-6-8-21(9-7-19)20-4-2-1-3-5-20)25-17-23(22-10-15-29-18-22)26-11-13-28-14-12-26/h1-10,15,18,23H,11-14,16-17H2,(H,25,27)/t23-/m0/s1. The summed E-state index contributed by atoms with van der Waals surface area (Å²) in [6, 6.07) is 20.9. The quantitative estimate of drug-likeness (QED) is 0.641. The first kappa shape index (κ1) is 19.8. The number of amides is 1. The first-order valence-electron chi connectivity index (χ1n) is 10.0. The van der Waals surface area contributed by atoms with Crippen LogP contribution < -0.4 is 5.32 Å². The van der Waals surface area contributed by atoms with Crippen LogP contribution in [0.5, 0.6) is 0 Å². The van der Waals surface area contributed by atoms with Gasteiger partial charge in [0.15, 0.2) is 0 Å². The van der Waals surface area contributed by atoms with E-state index < -0.39 is 0 Å². The summed E-state index contributed by atoms with van der Waals surface area (Å²) < 4.78 is 5.49. The van der Waals surface area contributed by atoms with Crippen LogP contribution in [0, 0.1) is 0 Å². The molecule has 2 aromatic carbocycles. The zero-order valence-corrected chi connectivity index (χ0v) is 17.2. The molecule has 0 unspecified atom stereocenters. The number of carbonyl (C=O) groups excluding carboxylic acids is 1. The molecule has 4 nitrogen and oxygen atoms in total. The Hall–Kier alpha value is -2.47. The van der Waals surface area contributed by atoms with E-state index >= 15 is 0 Å². The van der Waals surface area contributed by atoms with Crippen molar-refractivity contribution in [1.29, 1.82) is 0 Å². The van der Waals surface area contributed by atoms with Gasteiger partial charge < -0.3 is 10.1 Å². The summed E-state index contributed by atoms with van der Waals surface area (Å²) in [7, 11) is 0. The molecule has 1 aliphatic heterocycles. The number of hydrogen-bond acceptors (Lipinski definition) is 4. The lowest BCUT2D eigenvalue weighted by Gasteiger charge is -2.34. The summed E-state index contributed by atoms with van der Waals surface area (Å²) >= 11 is 1.70. The van der Waals surface area contributed by atoms with Gasteiger partial charge in [-0.25, -0.2) is 0 Å². The van der Waals surface area contributed by atoms with Gasteiger partial charge in [-0.1, -0.05) is 54.6 Å². The van der Waals surface area contributed by atoms with Gasteiger partial charge in [0, 0.05) is 19.6 Å². The highest BCUT2D eigenvalue weighted by atomic mass is 32.1. The Balaban J connectivity index is 1.34. The Bertz CT molecular complexity index is 888. The maximum Gasteiger partial charge on any atom is 0.224 e. The molecule has 1 aliphatic rings. The highest BCUT2D eigenvalue weighted by Crippen LogP contribution is 2.23. The van der Waals surface area contributed by atoms with Gasteiger partial charge >= 0.3 is 0 Å². The van der Waals surface area contributed by atoms with Crippen LogP contribution in [0.4, 0.5) is 0 Å². The normalized spacial score (nSPS) is 15.7. The summed E-state index contributed by atoms with van der Waals surface area (Å²) in [6.07, 6.45) is 0.397. The second-order valence-electron chi connectivity index (χ2n) is 7.26. The number of nitrogens with one attached hydrogen (secondary N) is 1. The van der Waals surface area contributed by atoms with Crippen LogP contribution in [-0.2, 0) is 16.0 Å². The number of thiophene rings is 1. The smallest absolute Gasteiger partial charge is 0.224 e. The van der Waals surface area contributed by atoms with E-state index in [9.17, 15) is 4.79 Å². The molecular formula is C24H26N2O2S.